The van der Waals surface area contributed by atoms with Crippen LogP contribution in [0.4, 0.5) is 0 Å². The number of carbonyl (C=O) groups excluding carboxylic acids is 2. The number of amides is 1. The first kappa shape index (κ1) is 16.0. The second-order valence-corrected chi connectivity index (χ2v) is 4.66. The van der Waals surface area contributed by atoms with Crippen molar-refractivity contribution in [2.45, 2.75) is 26.4 Å². The molecule has 0 bridgehead atoms. The van der Waals surface area contributed by atoms with Crippen molar-refractivity contribution in [3.05, 3.63) is 29.8 Å². The average Bonchev–Trinajstić information content (AvgIpc) is 2.45. The van der Waals surface area contributed by atoms with Gasteiger partial charge in [0.1, 0.15) is 5.75 Å². The lowest BCUT2D eigenvalue weighted by Gasteiger charge is -2.21. The summed E-state index contributed by atoms with van der Waals surface area (Å²) in [6.45, 7) is 3.99. The van der Waals surface area contributed by atoms with Crippen molar-refractivity contribution in [1.82, 2.24) is 4.90 Å². The molecule has 1 rings (SSSR count). The summed E-state index contributed by atoms with van der Waals surface area (Å²) in [6.07, 6.45) is -0.420. The Labute approximate surface area is 119 Å². The third-order valence-corrected chi connectivity index (χ3v) is 2.94. The molecule has 0 aliphatic rings. The highest BCUT2D eigenvalue weighted by Gasteiger charge is 2.19. The van der Waals surface area contributed by atoms with Crippen LogP contribution in [0, 0.1) is 6.92 Å². The standard InChI is InChI=1S/C15H21NO4/c1-11-5-7-13(8-6-11)20-12(2)15(18)16(3)10-9-14(17)19-4/h5-8,12H,9-10H2,1-4H3. The molecule has 0 saturated carbocycles. The summed E-state index contributed by atoms with van der Waals surface area (Å²) in [4.78, 5) is 24.6. The van der Waals surface area contributed by atoms with Crippen molar-refractivity contribution in [1.29, 1.82) is 0 Å². The number of aryl methyl sites for hydroxylation is 1. The van der Waals surface area contributed by atoms with Crippen LogP contribution in [0.25, 0.3) is 0 Å². The maximum absolute atomic E-state index is 12.1. The van der Waals surface area contributed by atoms with Crippen molar-refractivity contribution in [2.24, 2.45) is 0 Å². The van der Waals surface area contributed by atoms with E-state index in [-0.39, 0.29) is 18.3 Å². The van der Waals surface area contributed by atoms with E-state index < -0.39 is 6.10 Å². The predicted octanol–water partition coefficient (Wildman–Crippen LogP) is 1.78. The van der Waals surface area contributed by atoms with Gasteiger partial charge in [0, 0.05) is 13.6 Å². The van der Waals surface area contributed by atoms with Crippen LogP contribution >= 0.6 is 0 Å². The third-order valence-electron chi connectivity index (χ3n) is 2.94. The molecule has 1 atom stereocenters. The maximum atomic E-state index is 12.1. The van der Waals surface area contributed by atoms with Gasteiger partial charge in [0.25, 0.3) is 5.91 Å². The smallest absolute Gasteiger partial charge is 0.307 e. The summed E-state index contributed by atoms with van der Waals surface area (Å²) in [6, 6.07) is 7.50. The molecule has 0 aliphatic heterocycles. The Hall–Kier alpha value is -2.04. The van der Waals surface area contributed by atoms with Crippen molar-refractivity contribution in [2.75, 3.05) is 20.7 Å². The number of ether oxygens (including phenoxy) is 2. The number of esters is 1. The summed E-state index contributed by atoms with van der Waals surface area (Å²) in [5.74, 6) is 0.143. The normalized spacial score (nSPS) is 11.6. The predicted molar refractivity (Wildman–Crippen MR) is 75.5 cm³/mol. The quantitative estimate of drug-likeness (QED) is 0.745. The molecule has 0 aliphatic carbocycles. The van der Waals surface area contributed by atoms with Gasteiger partial charge in [-0.25, -0.2) is 0 Å². The van der Waals surface area contributed by atoms with Gasteiger partial charge in [-0.2, -0.15) is 0 Å². The van der Waals surface area contributed by atoms with Gasteiger partial charge < -0.3 is 14.4 Å². The number of hydrogen-bond acceptors (Lipinski definition) is 4. The molecule has 0 aromatic heterocycles. The Balaban J connectivity index is 2.49. The molecule has 20 heavy (non-hydrogen) atoms. The summed E-state index contributed by atoms with van der Waals surface area (Å²) in [7, 11) is 2.97. The Bertz CT molecular complexity index is 455. The van der Waals surface area contributed by atoms with E-state index >= 15 is 0 Å². The molecule has 1 aromatic rings. The van der Waals surface area contributed by atoms with E-state index in [1.807, 2.05) is 31.2 Å². The fourth-order valence-electron chi connectivity index (χ4n) is 1.65. The number of nitrogens with zero attached hydrogens (tertiary/aromatic N) is 1. The maximum Gasteiger partial charge on any atom is 0.307 e. The zero-order valence-corrected chi connectivity index (χ0v) is 12.4. The Kier molecular flexibility index (Phi) is 6.03. The Morgan fingerprint density at radius 1 is 1.25 bits per heavy atom. The molecule has 1 unspecified atom stereocenters. The monoisotopic (exact) mass is 279 g/mol. The topological polar surface area (TPSA) is 55.8 Å². The highest BCUT2D eigenvalue weighted by atomic mass is 16.5. The number of methoxy groups -OCH3 is 1. The van der Waals surface area contributed by atoms with Gasteiger partial charge in [-0.05, 0) is 26.0 Å². The molecule has 1 amide bonds. The summed E-state index contributed by atoms with van der Waals surface area (Å²) in [5.41, 5.74) is 1.13. The number of benzene rings is 1. The van der Waals surface area contributed by atoms with Gasteiger partial charge >= 0.3 is 5.97 Å². The van der Waals surface area contributed by atoms with Gasteiger partial charge in [0.15, 0.2) is 6.10 Å². The van der Waals surface area contributed by atoms with Crippen molar-refractivity contribution in [3.63, 3.8) is 0 Å². The molecule has 0 fully saturated rings. The Morgan fingerprint density at radius 2 is 1.85 bits per heavy atom. The second-order valence-electron chi connectivity index (χ2n) is 4.66. The van der Waals surface area contributed by atoms with Crippen LogP contribution in [0.1, 0.15) is 18.9 Å². The average molecular weight is 279 g/mol. The first-order valence-electron chi connectivity index (χ1n) is 6.49. The van der Waals surface area contributed by atoms with E-state index in [0.717, 1.165) is 5.56 Å². The first-order valence-corrected chi connectivity index (χ1v) is 6.49. The van der Waals surface area contributed by atoms with Crippen molar-refractivity contribution >= 4 is 11.9 Å². The van der Waals surface area contributed by atoms with Gasteiger partial charge in [-0.3, -0.25) is 9.59 Å². The number of hydrogen-bond donors (Lipinski definition) is 0. The number of carbonyl (C=O) groups is 2. The van der Waals surface area contributed by atoms with Crippen molar-refractivity contribution < 1.29 is 19.1 Å². The zero-order chi connectivity index (χ0) is 15.1. The fourth-order valence-corrected chi connectivity index (χ4v) is 1.65. The summed E-state index contributed by atoms with van der Waals surface area (Å²) >= 11 is 0. The highest BCUT2D eigenvalue weighted by molar-refractivity contribution is 5.81. The van der Waals surface area contributed by atoms with E-state index in [9.17, 15) is 9.59 Å². The van der Waals surface area contributed by atoms with Crippen LogP contribution < -0.4 is 4.74 Å². The van der Waals surface area contributed by atoms with E-state index in [0.29, 0.717) is 12.3 Å². The first-order chi connectivity index (χ1) is 9.43. The van der Waals surface area contributed by atoms with Crippen LogP contribution in [-0.4, -0.2) is 43.6 Å². The fraction of sp³-hybridized carbons (Fsp3) is 0.467. The van der Waals surface area contributed by atoms with E-state index in [2.05, 4.69) is 4.74 Å². The van der Waals surface area contributed by atoms with Gasteiger partial charge in [0.05, 0.1) is 13.5 Å². The molecule has 0 radical (unpaired) electrons. The molecule has 0 saturated heterocycles. The third kappa shape index (κ3) is 4.91. The van der Waals surface area contributed by atoms with Gasteiger partial charge in [-0.1, -0.05) is 17.7 Å². The largest absolute Gasteiger partial charge is 0.481 e. The molecule has 0 heterocycles. The minimum absolute atomic E-state index is 0.172. The van der Waals surface area contributed by atoms with Crippen LogP contribution in [0.5, 0.6) is 5.75 Å². The van der Waals surface area contributed by atoms with Crippen LogP contribution in [0.15, 0.2) is 24.3 Å². The van der Waals surface area contributed by atoms with Crippen LogP contribution in [0.3, 0.4) is 0 Å². The molecule has 0 N–H and O–H groups in total. The van der Waals surface area contributed by atoms with E-state index in [4.69, 9.17) is 4.74 Å². The van der Waals surface area contributed by atoms with Gasteiger partial charge in [0.2, 0.25) is 0 Å². The molecular weight excluding hydrogens is 258 g/mol. The lowest BCUT2D eigenvalue weighted by molar-refractivity contribution is -0.142. The molecule has 110 valence electrons. The summed E-state index contributed by atoms with van der Waals surface area (Å²) in [5, 5.41) is 0. The lowest BCUT2D eigenvalue weighted by atomic mass is 10.2. The van der Waals surface area contributed by atoms with Gasteiger partial charge in [-0.15, -0.1) is 0 Å². The lowest BCUT2D eigenvalue weighted by Crippen LogP contribution is -2.39. The highest BCUT2D eigenvalue weighted by Crippen LogP contribution is 2.14. The molecule has 5 nitrogen and oxygen atoms in total. The number of likely N-dealkylation sites (N-methyl/N-ethyl adjacent to an activating group) is 1. The van der Waals surface area contributed by atoms with Crippen LogP contribution in [0.2, 0.25) is 0 Å². The molecule has 1 aromatic carbocycles. The van der Waals surface area contributed by atoms with Crippen molar-refractivity contribution in [3.8, 4) is 5.75 Å². The minimum Gasteiger partial charge on any atom is -0.481 e. The summed E-state index contributed by atoms with van der Waals surface area (Å²) < 4.78 is 10.1. The number of rotatable bonds is 6. The Morgan fingerprint density at radius 3 is 2.40 bits per heavy atom. The molecule has 0 spiro atoms. The second kappa shape index (κ2) is 7.53. The SMILES string of the molecule is COC(=O)CCN(C)C(=O)C(C)Oc1ccc(C)cc1. The molecule has 5 heteroatoms. The van der Waals surface area contributed by atoms with Crippen LogP contribution in [-0.2, 0) is 14.3 Å². The van der Waals surface area contributed by atoms with E-state index in [1.54, 1.807) is 14.0 Å². The minimum atomic E-state index is -0.597. The molecular formula is C15H21NO4. The van der Waals surface area contributed by atoms with E-state index in [1.165, 1.54) is 12.0 Å². The zero-order valence-electron chi connectivity index (χ0n) is 12.4.